The molecule has 0 aliphatic heterocycles. The highest BCUT2D eigenvalue weighted by Gasteiger charge is 2.17. The highest BCUT2D eigenvalue weighted by atomic mass is 79.9. The average molecular weight is 752 g/mol. The molecule has 0 aliphatic rings. The third-order valence-corrected chi connectivity index (χ3v) is 9.71. The van der Waals surface area contributed by atoms with Crippen molar-refractivity contribution in [3.63, 3.8) is 0 Å². The fraction of sp³-hybridized carbons (Fsp3) is 0.417. The minimum atomic E-state index is 0. The Bertz CT molecular complexity index is 1900. The van der Waals surface area contributed by atoms with E-state index in [2.05, 4.69) is 227 Å². The molecule has 0 spiro atoms. The van der Waals surface area contributed by atoms with E-state index in [-0.39, 0.29) is 23.7 Å². The lowest BCUT2D eigenvalue weighted by molar-refractivity contribution is 0.574. The summed E-state index contributed by atoms with van der Waals surface area (Å²) < 4.78 is 1.18. The van der Waals surface area contributed by atoms with Crippen LogP contribution in [0.2, 0.25) is 0 Å². The number of aryl methyl sites for hydroxylation is 3. The number of aromatic amines is 2. The zero-order valence-corrected chi connectivity index (χ0v) is 35.2. The molecule has 0 bridgehead atoms. The van der Waals surface area contributed by atoms with Gasteiger partial charge in [0.15, 0.2) is 0 Å². The first-order valence-corrected chi connectivity index (χ1v) is 18.8. The fourth-order valence-corrected chi connectivity index (χ4v) is 5.66. The third kappa shape index (κ3) is 13.2. The van der Waals surface area contributed by atoms with Gasteiger partial charge in [0.25, 0.3) is 0 Å². The van der Waals surface area contributed by atoms with Crippen molar-refractivity contribution in [1.82, 2.24) is 9.97 Å². The summed E-state index contributed by atoms with van der Waals surface area (Å²) >= 11 is 3.56. The smallest absolute Gasteiger partial charge is 0.0459 e. The van der Waals surface area contributed by atoms with Crippen molar-refractivity contribution < 1.29 is 0 Å². The van der Waals surface area contributed by atoms with Crippen molar-refractivity contribution in [1.29, 1.82) is 0 Å². The number of rotatable bonds is 0. The van der Waals surface area contributed by atoms with E-state index < -0.39 is 0 Å². The maximum absolute atomic E-state index is 3.56. The number of nitrogens with one attached hydrogen (secondary N) is 2. The monoisotopic (exact) mass is 750 g/mol. The summed E-state index contributed by atoms with van der Waals surface area (Å²) in [7, 11) is 0. The van der Waals surface area contributed by atoms with Gasteiger partial charge in [-0.1, -0.05) is 179 Å². The van der Waals surface area contributed by atoms with Crippen LogP contribution < -0.4 is 0 Å². The Hall–Kier alpha value is -3.56. The molecule has 6 aromatic rings. The molecule has 2 nitrogen and oxygen atoms in total. The molecule has 2 N–H and O–H groups in total. The predicted octanol–water partition coefficient (Wildman–Crippen LogP) is 15.2. The number of halogens is 1. The second-order valence-electron chi connectivity index (χ2n) is 17.9. The summed E-state index contributed by atoms with van der Waals surface area (Å²) in [5.74, 6) is 0. The number of benzene rings is 4. The molecule has 3 heteroatoms. The van der Waals surface area contributed by atoms with E-state index in [0.717, 1.165) is 0 Å². The van der Waals surface area contributed by atoms with Gasteiger partial charge in [-0.2, -0.15) is 0 Å². The minimum absolute atomic E-state index is 0. The molecule has 0 unspecified atom stereocenters. The first-order chi connectivity index (χ1) is 22.9. The topological polar surface area (TPSA) is 31.6 Å². The van der Waals surface area contributed by atoms with Gasteiger partial charge in [0, 0.05) is 43.1 Å². The molecule has 0 saturated carbocycles. The van der Waals surface area contributed by atoms with Crippen molar-refractivity contribution in [2.24, 2.45) is 0 Å². The van der Waals surface area contributed by atoms with Crippen LogP contribution in [0.25, 0.3) is 21.8 Å². The summed E-state index contributed by atoms with van der Waals surface area (Å²) in [5.41, 5.74) is 12.7. The summed E-state index contributed by atoms with van der Waals surface area (Å²) in [6.45, 7) is 33.1. The molecule has 6 rings (SSSR count). The summed E-state index contributed by atoms with van der Waals surface area (Å²) in [5, 5.41) is 2.58. The Morgan fingerprint density at radius 1 is 0.431 bits per heavy atom. The van der Waals surface area contributed by atoms with Crippen molar-refractivity contribution in [3.8, 4) is 0 Å². The normalized spacial score (nSPS) is 11.8. The Kier molecular flexibility index (Phi) is 14.8. The van der Waals surface area contributed by atoms with Gasteiger partial charge in [0.05, 0.1) is 0 Å². The Labute approximate surface area is 320 Å². The minimum Gasteiger partial charge on any atom is -0.358 e. The van der Waals surface area contributed by atoms with E-state index in [1.54, 1.807) is 0 Å². The van der Waals surface area contributed by atoms with Gasteiger partial charge in [-0.25, -0.2) is 0 Å². The molecule has 4 aromatic carbocycles. The first kappa shape index (κ1) is 43.6. The molecule has 51 heavy (non-hydrogen) atoms. The van der Waals surface area contributed by atoms with Crippen LogP contribution in [-0.4, -0.2) is 9.97 Å². The molecule has 0 radical (unpaired) electrons. The molecular weight excluding hydrogens is 684 g/mol. The molecule has 2 heterocycles. The largest absolute Gasteiger partial charge is 0.358 e. The number of H-pyrrole nitrogens is 2. The average Bonchev–Trinajstić information content (AvgIpc) is 3.62. The zero-order valence-electron chi connectivity index (χ0n) is 33.6. The predicted molar refractivity (Wildman–Crippen MR) is 233 cm³/mol. The van der Waals surface area contributed by atoms with Gasteiger partial charge in [-0.15, -0.1) is 0 Å². The van der Waals surface area contributed by atoms with Crippen LogP contribution in [0.4, 0.5) is 0 Å². The van der Waals surface area contributed by atoms with Gasteiger partial charge in [-0.05, 0) is 89.6 Å². The van der Waals surface area contributed by atoms with Gasteiger partial charge in [0.2, 0.25) is 0 Å². The van der Waals surface area contributed by atoms with Crippen LogP contribution in [0.15, 0.2) is 102 Å². The molecule has 0 atom stereocenters. The Morgan fingerprint density at radius 2 is 0.863 bits per heavy atom. The highest BCUT2D eigenvalue weighted by molar-refractivity contribution is 9.10. The van der Waals surface area contributed by atoms with Crippen LogP contribution in [0, 0.1) is 20.8 Å². The molecule has 2 aromatic heterocycles. The number of hydrogen-bond acceptors (Lipinski definition) is 0. The lowest BCUT2D eigenvalue weighted by atomic mass is 9.87. The van der Waals surface area contributed by atoms with E-state index in [1.807, 2.05) is 0 Å². The SMILES string of the molecule is C.CC(C)(C)c1ccccc1.Cc1cc2[nH]c(C(C)(C)C)cc2cc1Br.Cc1ccc(C(C)(C)C)cc1.Cc1ccc2cc(C(C)(C)C)[nH]c2c1. The molecule has 0 aliphatic carbocycles. The van der Waals surface area contributed by atoms with Gasteiger partial charge >= 0.3 is 0 Å². The fourth-order valence-electron chi connectivity index (χ4n) is 5.30. The lowest BCUT2D eigenvalue weighted by Gasteiger charge is -2.18. The molecule has 0 amide bonds. The molecular formula is C48H67BrN2. The number of aromatic nitrogens is 2. The summed E-state index contributed by atoms with van der Waals surface area (Å²) in [4.78, 5) is 6.96. The van der Waals surface area contributed by atoms with Gasteiger partial charge in [0.1, 0.15) is 0 Å². The maximum Gasteiger partial charge on any atom is 0.0459 e. The van der Waals surface area contributed by atoms with Crippen molar-refractivity contribution in [2.45, 2.75) is 133 Å². The van der Waals surface area contributed by atoms with Crippen LogP contribution in [-0.2, 0) is 21.7 Å². The quantitative estimate of drug-likeness (QED) is 0.155. The van der Waals surface area contributed by atoms with Crippen LogP contribution >= 0.6 is 15.9 Å². The Morgan fingerprint density at radius 3 is 1.31 bits per heavy atom. The van der Waals surface area contributed by atoms with Gasteiger partial charge in [-0.3, -0.25) is 0 Å². The van der Waals surface area contributed by atoms with Crippen molar-refractivity contribution >= 4 is 37.7 Å². The van der Waals surface area contributed by atoms with E-state index in [1.165, 1.54) is 65.5 Å². The zero-order chi connectivity index (χ0) is 37.7. The van der Waals surface area contributed by atoms with E-state index in [4.69, 9.17) is 0 Å². The van der Waals surface area contributed by atoms with E-state index in [0.29, 0.717) is 5.41 Å². The summed E-state index contributed by atoms with van der Waals surface area (Å²) in [6.07, 6.45) is 0. The summed E-state index contributed by atoms with van der Waals surface area (Å²) in [6, 6.07) is 34.7. The number of hydrogen-bond donors (Lipinski definition) is 2. The maximum atomic E-state index is 3.56. The van der Waals surface area contributed by atoms with Crippen molar-refractivity contribution in [3.05, 3.63) is 141 Å². The standard InChI is InChI=1S/C13H16BrN.C13H17N.C11H16.C10H14.CH4/c1-8-5-11-9(6-10(8)14)7-12(15-11)13(2,3)4;1-9-5-6-10-8-12(13(2,3)4)14-11(10)7-9;1-9-5-7-10(8-6-9)11(2,3)4;1-10(2,3)9-7-5-4-6-8-9;/h5-7,15H,1-4H3;5-8,14H,1-4H3;5-8H,1-4H3;4-8H,1-3H3;1H4. The number of fused-ring (bicyclic) bond motifs is 2. The first-order valence-electron chi connectivity index (χ1n) is 18.0. The van der Waals surface area contributed by atoms with E-state index >= 15 is 0 Å². The molecule has 0 fully saturated rings. The van der Waals surface area contributed by atoms with Crippen LogP contribution in [0.5, 0.6) is 0 Å². The van der Waals surface area contributed by atoms with E-state index in [9.17, 15) is 0 Å². The lowest BCUT2D eigenvalue weighted by Crippen LogP contribution is -2.10. The van der Waals surface area contributed by atoms with Crippen molar-refractivity contribution in [2.75, 3.05) is 0 Å². The van der Waals surface area contributed by atoms with Gasteiger partial charge < -0.3 is 9.97 Å². The molecule has 0 saturated heterocycles. The molecule has 276 valence electrons. The second-order valence-corrected chi connectivity index (χ2v) is 18.7. The Balaban J connectivity index is 0.000000237. The second kappa shape index (κ2) is 17.3. The van der Waals surface area contributed by atoms with Crippen LogP contribution in [0.1, 0.15) is 130 Å². The van der Waals surface area contributed by atoms with Crippen LogP contribution in [0.3, 0.4) is 0 Å². The third-order valence-electron chi connectivity index (χ3n) is 8.85. The highest BCUT2D eigenvalue weighted by Crippen LogP contribution is 2.30.